The van der Waals surface area contributed by atoms with Crippen LogP contribution in [0.4, 0.5) is 10.5 Å². The van der Waals surface area contributed by atoms with E-state index in [1.807, 2.05) is 47.0 Å². The molecular formula is C19H25N5O. The highest BCUT2D eigenvalue weighted by Gasteiger charge is 2.30. The standard InChI is InChI=1S/C19H25N5O/c1-22-18-14-24(19(25)20-15-8-4-2-5-9-15)12-16(18)17(21-22)13-23-10-6-3-7-11-23/h2,4-5,8-9H,3,6-7,10-14H2,1H3,(H,20,25). The van der Waals surface area contributed by atoms with Gasteiger partial charge in [-0.3, -0.25) is 9.58 Å². The van der Waals surface area contributed by atoms with Gasteiger partial charge in [-0.05, 0) is 38.1 Å². The van der Waals surface area contributed by atoms with E-state index in [-0.39, 0.29) is 6.03 Å². The van der Waals surface area contributed by atoms with E-state index in [0.717, 1.165) is 36.7 Å². The van der Waals surface area contributed by atoms with Crippen LogP contribution >= 0.6 is 0 Å². The van der Waals surface area contributed by atoms with Gasteiger partial charge in [0.25, 0.3) is 0 Å². The van der Waals surface area contributed by atoms with Crippen LogP contribution in [0.25, 0.3) is 0 Å². The largest absolute Gasteiger partial charge is 0.322 e. The van der Waals surface area contributed by atoms with Crippen LogP contribution in [-0.2, 0) is 26.7 Å². The number of urea groups is 1. The molecule has 1 aromatic heterocycles. The number of amides is 2. The van der Waals surface area contributed by atoms with Crippen molar-refractivity contribution in [3.8, 4) is 0 Å². The average Bonchev–Trinajstić information content (AvgIpc) is 3.19. The monoisotopic (exact) mass is 339 g/mol. The van der Waals surface area contributed by atoms with E-state index in [1.54, 1.807) is 0 Å². The molecule has 2 aromatic rings. The first kappa shape index (κ1) is 16.1. The number of benzene rings is 1. The second kappa shape index (κ2) is 6.88. The van der Waals surface area contributed by atoms with Crippen molar-refractivity contribution in [3.05, 3.63) is 47.3 Å². The van der Waals surface area contributed by atoms with Crippen molar-refractivity contribution < 1.29 is 4.79 Å². The molecule has 0 aliphatic carbocycles. The lowest BCUT2D eigenvalue weighted by atomic mass is 10.1. The summed E-state index contributed by atoms with van der Waals surface area (Å²) in [7, 11) is 1.98. The topological polar surface area (TPSA) is 53.4 Å². The number of nitrogens with zero attached hydrogens (tertiary/aromatic N) is 4. The number of fused-ring (bicyclic) bond motifs is 1. The second-order valence-electron chi connectivity index (χ2n) is 6.98. The summed E-state index contributed by atoms with van der Waals surface area (Å²) in [6.07, 6.45) is 3.89. The SMILES string of the molecule is Cn1nc(CN2CCCCC2)c2c1CN(C(=O)Nc1ccccc1)C2. The molecule has 132 valence electrons. The highest BCUT2D eigenvalue weighted by molar-refractivity contribution is 5.89. The van der Waals surface area contributed by atoms with Crippen molar-refractivity contribution in [1.29, 1.82) is 0 Å². The highest BCUT2D eigenvalue weighted by Crippen LogP contribution is 2.27. The molecule has 0 saturated carbocycles. The average molecular weight is 339 g/mol. The van der Waals surface area contributed by atoms with Gasteiger partial charge in [0.05, 0.1) is 24.5 Å². The molecule has 0 atom stereocenters. The van der Waals surface area contributed by atoms with Gasteiger partial charge in [-0.25, -0.2) is 4.79 Å². The Labute approximate surface area is 148 Å². The number of nitrogens with one attached hydrogen (secondary N) is 1. The number of anilines is 1. The fourth-order valence-electron chi connectivity index (χ4n) is 3.80. The van der Waals surface area contributed by atoms with E-state index in [9.17, 15) is 4.79 Å². The van der Waals surface area contributed by atoms with Crippen LogP contribution in [0.5, 0.6) is 0 Å². The van der Waals surface area contributed by atoms with Crippen molar-refractivity contribution in [3.63, 3.8) is 0 Å². The quantitative estimate of drug-likeness (QED) is 0.935. The highest BCUT2D eigenvalue weighted by atomic mass is 16.2. The predicted octanol–water partition coefficient (Wildman–Crippen LogP) is 2.95. The molecule has 0 radical (unpaired) electrons. The Hall–Kier alpha value is -2.34. The number of hydrogen-bond donors (Lipinski definition) is 1. The molecule has 1 aromatic carbocycles. The van der Waals surface area contributed by atoms with Gasteiger partial charge >= 0.3 is 6.03 Å². The van der Waals surface area contributed by atoms with Crippen molar-refractivity contribution in [2.45, 2.75) is 38.9 Å². The molecule has 6 heteroatoms. The Morgan fingerprint density at radius 2 is 1.88 bits per heavy atom. The minimum atomic E-state index is -0.0497. The van der Waals surface area contributed by atoms with Gasteiger partial charge in [-0.1, -0.05) is 24.6 Å². The van der Waals surface area contributed by atoms with Crippen LogP contribution in [-0.4, -0.2) is 38.7 Å². The Morgan fingerprint density at radius 3 is 2.64 bits per heavy atom. The Morgan fingerprint density at radius 1 is 1.12 bits per heavy atom. The van der Waals surface area contributed by atoms with Crippen molar-refractivity contribution >= 4 is 11.7 Å². The molecule has 2 aliphatic rings. The molecule has 0 unspecified atom stereocenters. The fourth-order valence-corrected chi connectivity index (χ4v) is 3.80. The fraction of sp³-hybridized carbons (Fsp3) is 0.474. The predicted molar refractivity (Wildman–Crippen MR) is 97.0 cm³/mol. The molecular weight excluding hydrogens is 314 g/mol. The Kier molecular flexibility index (Phi) is 4.44. The molecule has 0 spiro atoms. The van der Waals surface area contributed by atoms with Crippen molar-refractivity contribution in [2.75, 3.05) is 18.4 Å². The molecule has 4 rings (SSSR count). The first-order valence-electron chi connectivity index (χ1n) is 9.07. The summed E-state index contributed by atoms with van der Waals surface area (Å²) >= 11 is 0. The van der Waals surface area contributed by atoms with Crippen LogP contribution in [0.1, 0.15) is 36.2 Å². The van der Waals surface area contributed by atoms with Crippen LogP contribution in [0, 0.1) is 0 Å². The maximum atomic E-state index is 12.6. The van der Waals surface area contributed by atoms with Crippen LogP contribution in [0.3, 0.4) is 0 Å². The summed E-state index contributed by atoms with van der Waals surface area (Å²) in [6, 6.07) is 9.56. The molecule has 6 nitrogen and oxygen atoms in total. The molecule has 2 aliphatic heterocycles. The Balaban J connectivity index is 1.44. The van der Waals surface area contributed by atoms with Gasteiger partial charge in [0, 0.05) is 24.8 Å². The third-order valence-electron chi connectivity index (χ3n) is 5.18. The lowest BCUT2D eigenvalue weighted by Crippen LogP contribution is -2.32. The van der Waals surface area contributed by atoms with Crippen LogP contribution in [0.15, 0.2) is 30.3 Å². The number of likely N-dealkylation sites (tertiary alicyclic amines) is 1. The lowest BCUT2D eigenvalue weighted by molar-refractivity contribution is 0.208. The van der Waals surface area contributed by atoms with Gasteiger partial charge < -0.3 is 10.2 Å². The van der Waals surface area contributed by atoms with Crippen molar-refractivity contribution in [1.82, 2.24) is 19.6 Å². The molecule has 1 saturated heterocycles. The van der Waals surface area contributed by atoms with E-state index in [0.29, 0.717) is 13.1 Å². The molecule has 1 fully saturated rings. The summed E-state index contributed by atoms with van der Waals surface area (Å²) in [6.45, 7) is 4.48. The zero-order valence-electron chi connectivity index (χ0n) is 14.7. The summed E-state index contributed by atoms with van der Waals surface area (Å²) in [5, 5.41) is 7.70. The first-order valence-corrected chi connectivity index (χ1v) is 9.07. The molecule has 25 heavy (non-hydrogen) atoms. The summed E-state index contributed by atoms with van der Waals surface area (Å²) in [5.74, 6) is 0. The van der Waals surface area contributed by atoms with E-state index in [4.69, 9.17) is 5.10 Å². The van der Waals surface area contributed by atoms with Crippen molar-refractivity contribution in [2.24, 2.45) is 7.05 Å². The maximum Gasteiger partial charge on any atom is 0.322 e. The number of carbonyl (C=O) groups is 1. The number of aromatic nitrogens is 2. The van der Waals surface area contributed by atoms with Gasteiger partial charge in [-0.15, -0.1) is 0 Å². The van der Waals surface area contributed by atoms with Gasteiger partial charge in [0.15, 0.2) is 0 Å². The first-order chi connectivity index (χ1) is 12.2. The summed E-state index contributed by atoms with van der Waals surface area (Å²) < 4.78 is 1.95. The maximum absolute atomic E-state index is 12.6. The minimum Gasteiger partial charge on any atom is -0.314 e. The third-order valence-corrected chi connectivity index (χ3v) is 5.18. The second-order valence-corrected chi connectivity index (χ2v) is 6.98. The molecule has 1 N–H and O–H groups in total. The van der Waals surface area contributed by atoms with Gasteiger partial charge in [0.1, 0.15) is 0 Å². The van der Waals surface area contributed by atoms with Crippen LogP contribution in [0.2, 0.25) is 0 Å². The number of carbonyl (C=O) groups excluding carboxylic acids is 1. The lowest BCUT2D eigenvalue weighted by Gasteiger charge is -2.26. The molecule has 2 amide bonds. The summed E-state index contributed by atoms with van der Waals surface area (Å²) in [4.78, 5) is 16.9. The number of hydrogen-bond acceptors (Lipinski definition) is 3. The number of piperidine rings is 1. The normalized spacial score (nSPS) is 17.6. The zero-order valence-corrected chi connectivity index (χ0v) is 14.7. The minimum absolute atomic E-state index is 0.0497. The van der Waals surface area contributed by atoms with E-state index in [2.05, 4.69) is 10.2 Å². The van der Waals surface area contributed by atoms with Gasteiger partial charge in [-0.2, -0.15) is 5.10 Å². The van der Waals surface area contributed by atoms with E-state index >= 15 is 0 Å². The number of para-hydroxylation sites is 1. The zero-order chi connectivity index (χ0) is 17.2. The number of aryl methyl sites for hydroxylation is 1. The number of rotatable bonds is 3. The molecule has 3 heterocycles. The van der Waals surface area contributed by atoms with E-state index < -0.39 is 0 Å². The molecule has 0 bridgehead atoms. The Bertz CT molecular complexity index is 749. The summed E-state index contributed by atoms with van der Waals surface area (Å²) in [5.41, 5.74) is 4.36. The van der Waals surface area contributed by atoms with Gasteiger partial charge in [0.2, 0.25) is 0 Å². The van der Waals surface area contributed by atoms with Crippen LogP contribution < -0.4 is 5.32 Å². The van der Waals surface area contributed by atoms with E-state index in [1.165, 1.54) is 24.8 Å². The smallest absolute Gasteiger partial charge is 0.314 e. The third kappa shape index (κ3) is 3.39.